The Hall–Kier alpha value is -0.990. The number of nitrogens with zero attached hydrogens (tertiary/aromatic N) is 2. The van der Waals surface area contributed by atoms with Gasteiger partial charge in [0.25, 0.3) is 0 Å². The van der Waals surface area contributed by atoms with E-state index in [9.17, 15) is 0 Å². The van der Waals surface area contributed by atoms with Crippen molar-refractivity contribution < 1.29 is 4.74 Å². The van der Waals surface area contributed by atoms with Crippen LogP contribution in [0.2, 0.25) is 0 Å². The summed E-state index contributed by atoms with van der Waals surface area (Å²) in [7, 11) is 0. The molecule has 11 heavy (non-hydrogen) atoms. The third-order valence-corrected chi connectivity index (χ3v) is 1.99. The maximum absolute atomic E-state index is 5.57. The highest BCUT2D eigenvalue weighted by molar-refractivity contribution is 5.26. The number of ether oxygens (including phenoxy) is 1. The van der Waals surface area contributed by atoms with E-state index in [4.69, 9.17) is 4.74 Å². The third-order valence-electron chi connectivity index (χ3n) is 1.99. The van der Waals surface area contributed by atoms with Crippen LogP contribution in [0.3, 0.4) is 0 Å². The number of hydrogen-bond donors (Lipinski definition) is 0. The lowest BCUT2D eigenvalue weighted by molar-refractivity contribution is 0.251. The van der Waals surface area contributed by atoms with Crippen molar-refractivity contribution in [3.8, 4) is 5.88 Å². The van der Waals surface area contributed by atoms with E-state index in [-0.39, 0.29) is 0 Å². The lowest BCUT2D eigenvalue weighted by Gasteiger charge is -2.00. The SMILES string of the molecule is CCc1cnn2c1OC(C)C2. The van der Waals surface area contributed by atoms with Gasteiger partial charge in [0.2, 0.25) is 5.88 Å². The molecule has 2 heterocycles. The van der Waals surface area contributed by atoms with Crippen LogP contribution in [0.25, 0.3) is 0 Å². The van der Waals surface area contributed by atoms with Gasteiger partial charge < -0.3 is 4.74 Å². The Morgan fingerprint density at radius 3 is 3.36 bits per heavy atom. The fraction of sp³-hybridized carbons (Fsp3) is 0.625. The Labute approximate surface area is 66.0 Å². The summed E-state index contributed by atoms with van der Waals surface area (Å²) in [5, 5.41) is 4.21. The van der Waals surface area contributed by atoms with Gasteiger partial charge in [-0.25, -0.2) is 4.68 Å². The van der Waals surface area contributed by atoms with Crippen LogP contribution in [0.15, 0.2) is 6.20 Å². The molecule has 1 aromatic rings. The zero-order valence-electron chi connectivity index (χ0n) is 6.87. The highest BCUT2D eigenvalue weighted by Crippen LogP contribution is 2.25. The minimum absolute atomic E-state index is 0.295. The number of aryl methyl sites for hydroxylation is 1. The summed E-state index contributed by atoms with van der Waals surface area (Å²) in [6, 6.07) is 0. The molecule has 1 atom stereocenters. The smallest absolute Gasteiger partial charge is 0.215 e. The first-order valence-electron chi connectivity index (χ1n) is 4.02. The predicted octanol–water partition coefficient (Wildman–Crippen LogP) is 1.23. The molecular formula is C8H12N2O. The molecule has 0 fully saturated rings. The summed E-state index contributed by atoms with van der Waals surface area (Å²) >= 11 is 0. The minimum Gasteiger partial charge on any atom is -0.473 e. The lowest BCUT2D eigenvalue weighted by Crippen LogP contribution is -2.08. The first kappa shape index (κ1) is 6.70. The Morgan fingerprint density at radius 2 is 2.64 bits per heavy atom. The lowest BCUT2D eigenvalue weighted by atomic mass is 10.3. The highest BCUT2D eigenvalue weighted by atomic mass is 16.5. The van der Waals surface area contributed by atoms with Crippen LogP contribution in [0, 0.1) is 0 Å². The van der Waals surface area contributed by atoms with E-state index in [1.165, 1.54) is 5.56 Å². The normalized spacial score (nSPS) is 21.5. The van der Waals surface area contributed by atoms with E-state index in [0.717, 1.165) is 18.8 Å². The molecule has 1 aromatic heterocycles. The van der Waals surface area contributed by atoms with Crippen molar-refractivity contribution in [2.45, 2.75) is 32.9 Å². The molecule has 0 aromatic carbocycles. The quantitative estimate of drug-likeness (QED) is 0.605. The average Bonchev–Trinajstić information content (AvgIpc) is 2.45. The van der Waals surface area contributed by atoms with E-state index >= 15 is 0 Å². The van der Waals surface area contributed by atoms with E-state index in [1.54, 1.807) is 0 Å². The van der Waals surface area contributed by atoms with Crippen molar-refractivity contribution in [2.24, 2.45) is 0 Å². The Kier molecular flexibility index (Phi) is 1.37. The Balaban J connectivity index is 2.37. The van der Waals surface area contributed by atoms with Crippen molar-refractivity contribution >= 4 is 0 Å². The van der Waals surface area contributed by atoms with Gasteiger partial charge in [-0.3, -0.25) is 0 Å². The standard InChI is InChI=1S/C8H12N2O/c1-3-7-4-9-10-5-6(2)11-8(7)10/h4,6H,3,5H2,1-2H3. The summed E-state index contributed by atoms with van der Waals surface area (Å²) in [4.78, 5) is 0. The Bertz CT molecular complexity index is 267. The van der Waals surface area contributed by atoms with Crippen LogP contribution >= 0.6 is 0 Å². The van der Waals surface area contributed by atoms with Crippen LogP contribution in [0.5, 0.6) is 5.88 Å². The van der Waals surface area contributed by atoms with Gasteiger partial charge in [0.1, 0.15) is 6.10 Å². The fourth-order valence-electron chi connectivity index (χ4n) is 1.39. The van der Waals surface area contributed by atoms with Gasteiger partial charge in [-0.05, 0) is 13.3 Å². The highest BCUT2D eigenvalue weighted by Gasteiger charge is 2.21. The van der Waals surface area contributed by atoms with Gasteiger partial charge in [-0.15, -0.1) is 0 Å². The molecule has 0 spiro atoms. The number of rotatable bonds is 1. The molecule has 3 nitrogen and oxygen atoms in total. The van der Waals surface area contributed by atoms with Gasteiger partial charge in [-0.1, -0.05) is 6.92 Å². The number of fused-ring (bicyclic) bond motifs is 1. The largest absolute Gasteiger partial charge is 0.473 e. The van der Waals surface area contributed by atoms with Crippen molar-refractivity contribution in [3.63, 3.8) is 0 Å². The molecule has 3 heteroatoms. The second-order valence-corrected chi connectivity index (χ2v) is 2.94. The Morgan fingerprint density at radius 1 is 1.82 bits per heavy atom. The molecule has 1 unspecified atom stereocenters. The molecule has 2 rings (SSSR count). The van der Waals surface area contributed by atoms with Gasteiger partial charge in [-0.2, -0.15) is 5.10 Å². The number of hydrogen-bond acceptors (Lipinski definition) is 2. The summed E-state index contributed by atoms with van der Waals surface area (Å²) in [6.07, 6.45) is 3.19. The molecule has 1 aliphatic rings. The molecule has 1 aliphatic heterocycles. The topological polar surface area (TPSA) is 27.1 Å². The van der Waals surface area contributed by atoms with Crippen LogP contribution in [-0.2, 0) is 13.0 Å². The van der Waals surface area contributed by atoms with Gasteiger partial charge in [0.05, 0.1) is 12.7 Å². The molecule has 0 amide bonds. The van der Waals surface area contributed by atoms with Crippen LogP contribution in [0.1, 0.15) is 19.4 Å². The second kappa shape index (κ2) is 2.26. The first-order chi connectivity index (χ1) is 5.31. The monoisotopic (exact) mass is 152 g/mol. The molecule has 0 N–H and O–H groups in total. The van der Waals surface area contributed by atoms with E-state index in [2.05, 4.69) is 18.9 Å². The van der Waals surface area contributed by atoms with E-state index in [0.29, 0.717) is 6.10 Å². The second-order valence-electron chi connectivity index (χ2n) is 2.94. The molecule has 0 radical (unpaired) electrons. The van der Waals surface area contributed by atoms with Crippen molar-refractivity contribution in [1.29, 1.82) is 0 Å². The van der Waals surface area contributed by atoms with E-state index < -0.39 is 0 Å². The van der Waals surface area contributed by atoms with Gasteiger partial charge in [0.15, 0.2) is 0 Å². The maximum Gasteiger partial charge on any atom is 0.215 e. The molecular weight excluding hydrogens is 140 g/mol. The molecule has 0 saturated heterocycles. The number of aromatic nitrogens is 2. The molecule has 0 saturated carbocycles. The third kappa shape index (κ3) is 0.914. The van der Waals surface area contributed by atoms with Crippen LogP contribution < -0.4 is 4.74 Å². The van der Waals surface area contributed by atoms with Gasteiger partial charge in [0, 0.05) is 5.56 Å². The summed E-state index contributed by atoms with van der Waals surface area (Å²) in [6.45, 7) is 5.08. The van der Waals surface area contributed by atoms with Crippen molar-refractivity contribution in [1.82, 2.24) is 9.78 Å². The van der Waals surface area contributed by atoms with Crippen LogP contribution in [-0.4, -0.2) is 15.9 Å². The summed E-state index contributed by atoms with van der Waals surface area (Å²) < 4.78 is 7.50. The van der Waals surface area contributed by atoms with Crippen LogP contribution in [0.4, 0.5) is 0 Å². The molecule has 60 valence electrons. The molecule has 0 bridgehead atoms. The van der Waals surface area contributed by atoms with Gasteiger partial charge >= 0.3 is 0 Å². The summed E-state index contributed by atoms with van der Waals surface area (Å²) in [5.41, 5.74) is 1.22. The fourth-order valence-corrected chi connectivity index (χ4v) is 1.39. The predicted molar refractivity (Wildman–Crippen MR) is 41.7 cm³/mol. The van der Waals surface area contributed by atoms with Crippen molar-refractivity contribution in [3.05, 3.63) is 11.8 Å². The maximum atomic E-state index is 5.57. The average molecular weight is 152 g/mol. The summed E-state index contributed by atoms with van der Waals surface area (Å²) in [5.74, 6) is 0.972. The zero-order chi connectivity index (χ0) is 7.84. The zero-order valence-corrected chi connectivity index (χ0v) is 6.87. The molecule has 0 aliphatic carbocycles. The van der Waals surface area contributed by atoms with E-state index in [1.807, 2.05) is 10.9 Å². The van der Waals surface area contributed by atoms with Crippen molar-refractivity contribution in [2.75, 3.05) is 0 Å². The first-order valence-corrected chi connectivity index (χ1v) is 4.02. The minimum atomic E-state index is 0.295.